The Morgan fingerprint density at radius 3 is 2.50 bits per heavy atom. The number of hydrogen-bond acceptors (Lipinski definition) is 2. The maximum atomic E-state index is 12.4. The molecule has 0 radical (unpaired) electrons. The highest BCUT2D eigenvalue weighted by Gasteiger charge is 2.33. The Labute approximate surface area is 98.9 Å². The van der Waals surface area contributed by atoms with Crippen LogP contribution in [0.4, 0.5) is 13.2 Å². The molecule has 0 aliphatic rings. The molecule has 4 nitrogen and oxygen atoms in total. The predicted molar refractivity (Wildman–Crippen MR) is 56.1 cm³/mol. The Bertz CT molecular complexity index is 676. The first kappa shape index (κ1) is 12.0. The van der Waals surface area contributed by atoms with E-state index in [1.807, 2.05) is 11.2 Å². The summed E-state index contributed by atoms with van der Waals surface area (Å²) in [6.45, 7) is 0. The molecule has 1 aromatic heterocycles. The van der Waals surface area contributed by atoms with Crippen LogP contribution in [0.1, 0.15) is 11.3 Å². The largest absolute Gasteiger partial charge is 0.432 e. The van der Waals surface area contributed by atoms with Gasteiger partial charge in [-0.2, -0.15) is 18.4 Å². The van der Waals surface area contributed by atoms with Crippen LogP contribution in [0.5, 0.6) is 0 Å². The fourth-order valence-corrected chi connectivity index (χ4v) is 1.48. The van der Waals surface area contributed by atoms with Crippen molar-refractivity contribution >= 4 is 0 Å². The van der Waals surface area contributed by atoms with Crippen LogP contribution in [-0.4, -0.2) is 9.78 Å². The van der Waals surface area contributed by atoms with E-state index in [2.05, 4.69) is 0 Å². The molecule has 0 fully saturated rings. The van der Waals surface area contributed by atoms with Gasteiger partial charge in [0.25, 0.3) is 5.56 Å². The first-order valence-electron chi connectivity index (χ1n) is 4.82. The summed E-state index contributed by atoms with van der Waals surface area (Å²) in [7, 11) is 0. The number of benzene rings is 1. The van der Waals surface area contributed by atoms with Crippen LogP contribution >= 0.6 is 0 Å². The minimum atomic E-state index is -4.63. The number of hydrogen-bond donors (Lipinski definition) is 1. The number of para-hydroxylation sites is 1. The lowest BCUT2D eigenvalue weighted by molar-refractivity contribution is -0.141. The van der Waals surface area contributed by atoms with Gasteiger partial charge in [-0.05, 0) is 12.1 Å². The van der Waals surface area contributed by atoms with E-state index in [9.17, 15) is 18.0 Å². The number of H-pyrrole nitrogens is 1. The van der Waals surface area contributed by atoms with Gasteiger partial charge in [0, 0.05) is 6.07 Å². The minimum Gasteiger partial charge on any atom is -0.286 e. The van der Waals surface area contributed by atoms with Gasteiger partial charge in [0.15, 0.2) is 0 Å². The first-order valence-corrected chi connectivity index (χ1v) is 4.82. The molecule has 1 N–H and O–H groups in total. The second-order valence-corrected chi connectivity index (χ2v) is 3.47. The third kappa shape index (κ3) is 2.00. The van der Waals surface area contributed by atoms with Gasteiger partial charge in [0.1, 0.15) is 11.8 Å². The molecule has 0 spiro atoms. The Balaban J connectivity index is 2.63. The monoisotopic (exact) mass is 253 g/mol. The summed E-state index contributed by atoms with van der Waals surface area (Å²) >= 11 is 0. The van der Waals surface area contributed by atoms with Gasteiger partial charge < -0.3 is 0 Å². The van der Waals surface area contributed by atoms with Crippen LogP contribution in [0.15, 0.2) is 35.1 Å². The fraction of sp³-hybridized carbons (Fsp3) is 0.0909. The fourth-order valence-electron chi connectivity index (χ4n) is 1.48. The van der Waals surface area contributed by atoms with E-state index in [1.165, 1.54) is 18.2 Å². The SMILES string of the molecule is N#Cc1ccccc1-n1[nH]c(C(F)(F)F)cc1=O. The summed E-state index contributed by atoms with van der Waals surface area (Å²) in [6.07, 6.45) is -4.63. The number of rotatable bonds is 1. The zero-order valence-corrected chi connectivity index (χ0v) is 8.82. The molecule has 0 aliphatic heterocycles. The van der Waals surface area contributed by atoms with E-state index in [0.29, 0.717) is 10.7 Å². The van der Waals surface area contributed by atoms with E-state index >= 15 is 0 Å². The van der Waals surface area contributed by atoms with Gasteiger partial charge in [-0.15, -0.1) is 0 Å². The third-order valence-electron chi connectivity index (χ3n) is 2.29. The number of aromatic nitrogens is 2. The number of nitrogens with zero attached hydrogens (tertiary/aromatic N) is 2. The van der Waals surface area contributed by atoms with Crippen LogP contribution in [0, 0.1) is 11.3 Å². The second-order valence-electron chi connectivity index (χ2n) is 3.47. The average Bonchev–Trinajstić information content (AvgIpc) is 2.71. The standard InChI is InChI=1S/C11H6F3N3O/c12-11(13,14)9-5-10(18)17(16-9)8-4-2-1-3-7(8)6-15/h1-5,16H. The van der Waals surface area contributed by atoms with Crippen LogP contribution in [0.25, 0.3) is 5.69 Å². The van der Waals surface area contributed by atoms with Gasteiger partial charge in [-0.3, -0.25) is 9.89 Å². The lowest BCUT2D eigenvalue weighted by atomic mass is 10.2. The Kier molecular flexibility index (Phi) is 2.71. The number of alkyl halides is 3. The lowest BCUT2D eigenvalue weighted by Crippen LogP contribution is -2.14. The number of nitriles is 1. The predicted octanol–water partition coefficient (Wildman–Crippen LogP) is 2.06. The minimum absolute atomic E-state index is 0.0838. The smallest absolute Gasteiger partial charge is 0.286 e. The molecule has 1 heterocycles. The summed E-state index contributed by atoms with van der Waals surface area (Å²) in [6, 6.07) is 8.14. The summed E-state index contributed by atoms with van der Waals surface area (Å²) < 4.78 is 38.0. The Morgan fingerprint density at radius 2 is 1.94 bits per heavy atom. The van der Waals surface area contributed by atoms with Crippen LogP contribution in [-0.2, 0) is 6.18 Å². The van der Waals surface area contributed by atoms with Gasteiger partial charge in [-0.25, -0.2) is 4.68 Å². The molecular formula is C11H6F3N3O. The molecular weight excluding hydrogens is 247 g/mol. The number of halogens is 3. The van der Waals surface area contributed by atoms with Crippen LogP contribution < -0.4 is 5.56 Å². The van der Waals surface area contributed by atoms with Gasteiger partial charge in [0.05, 0.1) is 11.3 Å². The highest BCUT2D eigenvalue weighted by molar-refractivity contribution is 5.48. The molecule has 0 saturated carbocycles. The zero-order valence-electron chi connectivity index (χ0n) is 8.82. The summed E-state index contributed by atoms with van der Waals surface area (Å²) in [4.78, 5) is 11.5. The van der Waals surface area contributed by atoms with E-state index < -0.39 is 17.4 Å². The quantitative estimate of drug-likeness (QED) is 0.845. The average molecular weight is 253 g/mol. The molecule has 0 aliphatic carbocycles. The highest BCUT2D eigenvalue weighted by Crippen LogP contribution is 2.26. The third-order valence-corrected chi connectivity index (χ3v) is 2.29. The summed E-state index contributed by atoms with van der Waals surface area (Å²) in [5, 5.41) is 10.8. The van der Waals surface area contributed by atoms with Crippen molar-refractivity contribution in [3.05, 3.63) is 51.9 Å². The molecule has 2 aromatic rings. The van der Waals surface area contributed by atoms with Crippen molar-refractivity contribution < 1.29 is 13.2 Å². The highest BCUT2D eigenvalue weighted by atomic mass is 19.4. The Hall–Kier alpha value is -2.49. The van der Waals surface area contributed by atoms with E-state index in [0.717, 1.165) is 0 Å². The van der Waals surface area contributed by atoms with Crippen molar-refractivity contribution in [3.63, 3.8) is 0 Å². The molecule has 92 valence electrons. The number of nitrogens with one attached hydrogen (secondary N) is 1. The van der Waals surface area contributed by atoms with E-state index in [4.69, 9.17) is 5.26 Å². The van der Waals surface area contributed by atoms with E-state index in [1.54, 1.807) is 6.07 Å². The van der Waals surface area contributed by atoms with Crippen LogP contribution in [0.3, 0.4) is 0 Å². The van der Waals surface area contributed by atoms with Crippen molar-refractivity contribution in [2.45, 2.75) is 6.18 Å². The van der Waals surface area contributed by atoms with Crippen molar-refractivity contribution in [3.8, 4) is 11.8 Å². The molecule has 2 rings (SSSR count). The van der Waals surface area contributed by atoms with Gasteiger partial charge >= 0.3 is 6.18 Å². The summed E-state index contributed by atoms with van der Waals surface area (Å²) in [5.74, 6) is 0. The van der Waals surface area contributed by atoms with Crippen LogP contribution in [0.2, 0.25) is 0 Å². The van der Waals surface area contributed by atoms with Crippen molar-refractivity contribution in [1.82, 2.24) is 9.78 Å². The summed E-state index contributed by atoms with van der Waals surface area (Å²) in [5.41, 5.74) is -1.83. The van der Waals surface area contributed by atoms with Gasteiger partial charge in [0.2, 0.25) is 0 Å². The molecule has 7 heteroatoms. The van der Waals surface area contributed by atoms with E-state index in [-0.39, 0.29) is 11.3 Å². The maximum Gasteiger partial charge on any atom is 0.432 e. The lowest BCUT2D eigenvalue weighted by Gasteiger charge is -2.05. The Morgan fingerprint density at radius 1 is 1.28 bits per heavy atom. The van der Waals surface area contributed by atoms with Crippen molar-refractivity contribution in [1.29, 1.82) is 5.26 Å². The van der Waals surface area contributed by atoms with Crippen molar-refractivity contribution in [2.24, 2.45) is 0 Å². The topological polar surface area (TPSA) is 61.6 Å². The molecule has 0 bridgehead atoms. The normalized spacial score (nSPS) is 11.2. The van der Waals surface area contributed by atoms with Crippen molar-refractivity contribution in [2.75, 3.05) is 0 Å². The first-order chi connectivity index (χ1) is 8.43. The zero-order chi connectivity index (χ0) is 13.3. The number of aromatic amines is 1. The molecule has 0 atom stereocenters. The molecule has 1 aromatic carbocycles. The molecule has 0 unspecified atom stereocenters. The molecule has 0 saturated heterocycles. The second kappa shape index (κ2) is 4.07. The van der Waals surface area contributed by atoms with Gasteiger partial charge in [-0.1, -0.05) is 12.1 Å². The molecule has 0 amide bonds. The maximum absolute atomic E-state index is 12.4. The molecule has 18 heavy (non-hydrogen) atoms.